The number of rotatable bonds is 9. The molecule has 5 nitrogen and oxygen atoms in total. The summed E-state index contributed by atoms with van der Waals surface area (Å²) in [4.78, 5) is 4.48. The van der Waals surface area contributed by atoms with Crippen LogP contribution in [0.1, 0.15) is 39.5 Å². The molecule has 0 bridgehead atoms. The van der Waals surface area contributed by atoms with Gasteiger partial charge in [-0.3, -0.25) is 0 Å². The molecule has 0 rings (SSSR count). The summed E-state index contributed by atoms with van der Waals surface area (Å²) in [7, 11) is -3.95. The zero-order valence-corrected chi connectivity index (χ0v) is 9.51. The van der Waals surface area contributed by atoms with Crippen LogP contribution in [0.2, 0.25) is 0 Å². The van der Waals surface area contributed by atoms with E-state index in [-0.39, 0.29) is 32.1 Å². The predicted octanol–water partition coefficient (Wildman–Crippen LogP) is 1.15. The first-order valence-corrected chi connectivity index (χ1v) is 6.16. The molecule has 0 amide bonds. The van der Waals surface area contributed by atoms with E-state index < -0.39 is 10.4 Å². The Balaban J connectivity index is 0. The van der Waals surface area contributed by atoms with E-state index in [4.69, 9.17) is 0 Å². The maximum atomic E-state index is 10.7. The van der Waals surface area contributed by atoms with Crippen LogP contribution in [-0.4, -0.2) is 40.5 Å². The van der Waals surface area contributed by atoms with E-state index in [0.717, 1.165) is 25.7 Å². The van der Waals surface area contributed by atoms with Crippen molar-refractivity contribution >= 4 is 29.3 Å². The molecular weight excluding hydrogens is 215 g/mol. The van der Waals surface area contributed by atoms with Gasteiger partial charge in [-0.2, -0.15) is 8.42 Å². The van der Waals surface area contributed by atoms with Gasteiger partial charge in [-0.25, -0.2) is 9.07 Å². The molecule has 0 aromatic carbocycles. The van der Waals surface area contributed by atoms with Crippen molar-refractivity contribution in [1.82, 2.24) is 0 Å². The van der Waals surface area contributed by atoms with E-state index in [2.05, 4.69) is 20.3 Å². The summed E-state index contributed by atoms with van der Waals surface area (Å²) in [5.41, 5.74) is 0. The van der Waals surface area contributed by atoms with Crippen molar-refractivity contribution in [3.8, 4) is 0 Å². The van der Waals surface area contributed by atoms with Gasteiger partial charge in [0, 0.05) is 0 Å². The minimum atomic E-state index is -3.95. The van der Waals surface area contributed by atoms with Crippen LogP contribution in [-0.2, 0) is 23.8 Å². The summed E-state index contributed by atoms with van der Waals surface area (Å²) in [6.07, 6.45) is 4.03. The second-order valence-corrected chi connectivity index (χ2v) is 3.95. The monoisotopic (exact) mass is 234 g/mol. The van der Waals surface area contributed by atoms with Crippen LogP contribution in [0.4, 0.5) is 0 Å². The summed E-state index contributed by atoms with van der Waals surface area (Å²) >= 11 is 0. The van der Waals surface area contributed by atoms with Gasteiger partial charge in [0.25, 0.3) is 0 Å². The molecule has 0 aliphatic carbocycles. The molecule has 0 heterocycles. The van der Waals surface area contributed by atoms with Crippen LogP contribution in [0, 0.1) is 0 Å². The van der Waals surface area contributed by atoms with Crippen LogP contribution in [0.25, 0.3) is 0 Å². The van der Waals surface area contributed by atoms with Crippen molar-refractivity contribution in [1.29, 1.82) is 0 Å². The third-order valence-corrected chi connectivity index (χ3v) is 2.26. The summed E-state index contributed by atoms with van der Waals surface area (Å²) < 4.78 is 29.9. The Bertz CT molecular complexity index is 217. The number of hydrogen-bond acceptors (Lipinski definition) is 5. The Morgan fingerprint density at radius 3 is 2.27 bits per heavy atom. The van der Waals surface area contributed by atoms with Gasteiger partial charge in [0.2, 0.25) is 0 Å². The van der Waals surface area contributed by atoms with Crippen molar-refractivity contribution in [3.63, 3.8) is 0 Å². The van der Waals surface area contributed by atoms with E-state index in [1.54, 1.807) is 6.92 Å². The van der Waals surface area contributed by atoms with Gasteiger partial charge in [-0.15, -0.1) is 0 Å². The minimum absolute atomic E-state index is 0. The standard InChI is InChI=1S/C8H18O5S.Li.H/c1-3-5-6-7-8-11-13-14(9,10)12-4-2;;/h3-8H2,1-2H3;;. The van der Waals surface area contributed by atoms with Crippen LogP contribution >= 0.6 is 0 Å². The zero-order chi connectivity index (χ0) is 10.9. The van der Waals surface area contributed by atoms with E-state index in [9.17, 15) is 8.42 Å². The molecule has 0 aliphatic heterocycles. The molecule has 0 atom stereocenters. The van der Waals surface area contributed by atoms with Crippen LogP contribution in [0.5, 0.6) is 0 Å². The van der Waals surface area contributed by atoms with Gasteiger partial charge in [-0.05, 0) is 13.3 Å². The summed E-state index contributed by atoms with van der Waals surface area (Å²) in [6.45, 7) is 3.97. The average Bonchev–Trinajstić information content (AvgIpc) is 2.11. The quantitative estimate of drug-likeness (QED) is 0.259. The molecule has 88 valence electrons. The van der Waals surface area contributed by atoms with Gasteiger partial charge in [0.15, 0.2) is 0 Å². The van der Waals surface area contributed by atoms with Crippen LogP contribution in [0.15, 0.2) is 0 Å². The van der Waals surface area contributed by atoms with Crippen LogP contribution in [0.3, 0.4) is 0 Å². The Morgan fingerprint density at radius 1 is 1.07 bits per heavy atom. The van der Waals surface area contributed by atoms with Crippen molar-refractivity contribution in [2.24, 2.45) is 0 Å². The average molecular weight is 234 g/mol. The Labute approximate surface area is 104 Å². The fourth-order valence-electron chi connectivity index (χ4n) is 0.845. The second kappa shape index (κ2) is 10.9. The van der Waals surface area contributed by atoms with E-state index in [0.29, 0.717) is 0 Å². The van der Waals surface area contributed by atoms with E-state index >= 15 is 0 Å². The third-order valence-electron chi connectivity index (χ3n) is 1.47. The molecule has 0 saturated heterocycles. The fourth-order valence-corrected chi connectivity index (χ4v) is 1.36. The number of hydrogen-bond donors (Lipinski definition) is 0. The molecule has 0 N–H and O–H groups in total. The normalized spacial score (nSPS) is 11.1. The molecule has 0 aromatic heterocycles. The van der Waals surface area contributed by atoms with Gasteiger partial charge in [0.05, 0.1) is 13.2 Å². The zero-order valence-electron chi connectivity index (χ0n) is 8.69. The third kappa shape index (κ3) is 12.4. The summed E-state index contributed by atoms with van der Waals surface area (Å²) in [5, 5.41) is 0. The van der Waals surface area contributed by atoms with E-state index in [1.807, 2.05) is 0 Å². The topological polar surface area (TPSA) is 61.8 Å². The van der Waals surface area contributed by atoms with Crippen molar-refractivity contribution in [2.45, 2.75) is 39.5 Å². The molecule has 0 unspecified atom stereocenters. The Kier molecular flexibility index (Phi) is 13.0. The SMILES string of the molecule is CCCCCCOOS(=O)(=O)OCC.[LiH]. The first-order chi connectivity index (χ1) is 6.62. The van der Waals surface area contributed by atoms with E-state index in [1.165, 1.54) is 0 Å². The fraction of sp³-hybridized carbons (Fsp3) is 1.00. The van der Waals surface area contributed by atoms with Crippen molar-refractivity contribution < 1.29 is 21.8 Å². The summed E-state index contributed by atoms with van der Waals surface area (Å²) in [5.74, 6) is 0. The van der Waals surface area contributed by atoms with Gasteiger partial charge in [-0.1, -0.05) is 30.5 Å². The maximum absolute atomic E-state index is 10.7. The van der Waals surface area contributed by atoms with Gasteiger partial charge < -0.3 is 0 Å². The van der Waals surface area contributed by atoms with Crippen molar-refractivity contribution in [3.05, 3.63) is 0 Å². The molecule has 0 radical (unpaired) electrons. The summed E-state index contributed by atoms with van der Waals surface area (Å²) in [6, 6.07) is 0. The molecule has 0 aliphatic rings. The molecule has 0 spiro atoms. The molecule has 15 heavy (non-hydrogen) atoms. The van der Waals surface area contributed by atoms with Gasteiger partial charge in [0.1, 0.15) is 0 Å². The van der Waals surface area contributed by atoms with Gasteiger partial charge >= 0.3 is 29.3 Å². The second-order valence-electron chi connectivity index (χ2n) is 2.77. The molecular formula is C8H19LiO5S. The molecule has 0 fully saturated rings. The predicted molar refractivity (Wildman–Crippen MR) is 58.9 cm³/mol. The number of unbranched alkanes of at least 4 members (excludes halogenated alkanes) is 3. The molecule has 7 heteroatoms. The first-order valence-electron chi connectivity index (χ1n) is 4.82. The molecule has 0 aromatic rings. The van der Waals surface area contributed by atoms with Crippen LogP contribution < -0.4 is 0 Å². The Hall–Kier alpha value is 0.427. The first kappa shape index (κ1) is 17.8. The molecule has 0 saturated carbocycles. The Morgan fingerprint density at radius 2 is 1.73 bits per heavy atom. The van der Waals surface area contributed by atoms with Crippen molar-refractivity contribution in [2.75, 3.05) is 13.2 Å².